The summed E-state index contributed by atoms with van der Waals surface area (Å²) in [4.78, 5) is 16.9. The molecule has 2 aromatic heterocycles. The first kappa shape index (κ1) is 23.2. The number of nitrogens with one attached hydrogen (secondary N) is 2. The van der Waals surface area contributed by atoms with Gasteiger partial charge in [-0.15, -0.1) is 0 Å². The van der Waals surface area contributed by atoms with E-state index in [1.807, 2.05) is 32.4 Å². The Kier molecular flexibility index (Phi) is 6.93. The van der Waals surface area contributed by atoms with E-state index in [0.717, 1.165) is 49.0 Å². The second-order valence-corrected chi connectivity index (χ2v) is 9.24. The predicted octanol–water partition coefficient (Wildman–Crippen LogP) is 3.81. The maximum atomic E-state index is 12.1. The first-order valence-electron chi connectivity index (χ1n) is 11.6. The van der Waals surface area contributed by atoms with Gasteiger partial charge in [0.05, 0.1) is 16.6 Å². The number of hydrogen-bond acceptors (Lipinski definition) is 7. The van der Waals surface area contributed by atoms with E-state index in [2.05, 4.69) is 17.0 Å². The summed E-state index contributed by atoms with van der Waals surface area (Å²) in [6, 6.07) is 2.22. The Morgan fingerprint density at radius 1 is 1.39 bits per heavy atom. The molecule has 3 heterocycles. The third-order valence-corrected chi connectivity index (χ3v) is 6.40. The monoisotopic (exact) mass is 451 g/mol. The van der Waals surface area contributed by atoms with Gasteiger partial charge in [-0.05, 0) is 39.2 Å². The van der Waals surface area contributed by atoms with Crippen LogP contribution in [0.1, 0.15) is 51.6 Å². The number of Topliss-reactive ketones (excluding diaryl/α,β-unsaturated/α-hetero) is 1. The van der Waals surface area contributed by atoms with Crippen molar-refractivity contribution in [1.82, 2.24) is 20.1 Å². The molecule has 2 N–H and O–H groups in total. The van der Waals surface area contributed by atoms with Crippen molar-refractivity contribution in [2.75, 3.05) is 13.2 Å². The number of fused-ring (bicyclic) bond motifs is 1. The van der Waals surface area contributed by atoms with E-state index in [0.29, 0.717) is 41.7 Å². The second kappa shape index (κ2) is 9.87. The van der Waals surface area contributed by atoms with Crippen molar-refractivity contribution in [3.63, 3.8) is 0 Å². The van der Waals surface area contributed by atoms with Crippen molar-refractivity contribution in [2.24, 2.45) is 13.0 Å². The number of pyridine rings is 1. The number of aryl methyl sites for hydroxylation is 1. The Labute approximate surface area is 194 Å². The first-order valence-corrected chi connectivity index (χ1v) is 11.6. The summed E-state index contributed by atoms with van der Waals surface area (Å²) >= 11 is 0. The van der Waals surface area contributed by atoms with E-state index >= 15 is 0 Å². The average Bonchev–Trinajstić information content (AvgIpc) is 3.14. The van der Waals surface area contributed by atoms with Crippen LogP contribution < -0.4 is 10.1 Å². The lowest BCUT2D eigenvalue weighted by Crippen LogP contribution is -2.31. The molecule has 0 unspecified atom stereocenters. The van der Waals surface area contributed by atoms with Crippen LogP contribution in [0.2, 0.25) is 0 Å². The van der Waals surface area contributed by atoms with Gasteiger partial charge < -0.3 is 20.2 Å². The van der Waals surface area contributed by atoms with Crippen LogP contribution in [0.5, 0.6) is 5.88 Å². The molecule has 1 saturated carbocycles. The van der Waals surface area contributed by atoms with E-state index < -0.39 is 0 Å². The minimum absolute atomic E-state index is 0.0746. The molecule has 1 saturated heterocycles. The van der Waals surface area contributed by atoms with E-state index in [-0.39, 0.29) is 17.8 Å². The Morgan fingerprint density at radius 2 is 2.15 bits per heavy atom. The van der Waals surface area contributed by atoms with Crippen LogP contribution in [0.3, 0.4) is 0 Å². The molecule has 4 rings (SSSR count). The quantitative estimate of drug-likeness (QED) is 0.490. The largest absolute Gasteiger partial charge is 0.474 e. The maximum absolute atomic E-state index is 12.1. The second-order valence-electron chi connectivity index (χ2n) is 9.24. The molecule has 8 heteroatoms. The summed E-state index contributed by atoms with van der Waals surface area (Å²) in [6.07, 6.45) is 7.18. The summed E-state index contributed by atoms with van der Waals surface area (Å²) in [5, 5.41) is 17.2. The van der Waals surface area contributed by atoms with Crippen molar-refractivity contribution in [3.8, 4) is 5.88 Å². The maximum Gasteiger partial charge on any atom is 0.225 e. The average molecular weight is 452 g/mol. The van der Waals surface area contributed by atoms with Crippen LogP contribution in [0.4, 0.5) is 0 Å². The summed E-state index contributed by atoms with van der Waals surface area (Å²) in [5.74, 6) is 0.763. The predicted molar refractivity (Wildman–Crippen MR) is 128 cm³/mol. The van der Waals surface area contributed by atoms with E-state index in [1.165, 1.54) is 0 Å². The molecule has 0 spiro atoms. The fraction of sp³-hybridized carbons (Fsp3) is 0.520. The van der Waals surface area contributed by atoms with Crippen LogP contribution in [-0.2, 0) is 16.6 Å². The Bertz CT molecular complexity index is 1080. The van der Waals surface area contributed by atoms with E-state index in [4.69, 9.17) is 19.9 Å². The Balaban J connectivity index is 1.64. The molecule has 1 aliphatic carbocycles. The molecular formula is C25H33N5O3. The number of ether oxygens (including phenoxy) is 2. The topological polar surface area (TPSA) is 102 Å². The van der Waals surface area contributed by atoms with Gasteiger partial charge in [-0.1, -0.05) is 12.2 Å². The minimum Gasteiger partial charge on any atom is -0.474 e. The normalized spacial score (nSPS) is 21.3. The van der Waals surface area contributed by atoms with Gasteiger partial charge in [0.1, 0.15) is 11.9 Å². The van der Waals surface area contributed by atoms with Gasteiger partial charge >= 0.3 is 0 Å². The number of carbonyl (C=O) groups is 1. The van der Waals surface area contributed by atoms with Gasteiger partial charge in [0, 0.05) is 68.7 Å². The molecule has 8 nitrogen and oxygen atoms in total. The minimum atomic E-state index is -0.203. The summed E-state index contributed by atoms with van der Waals surface area (Å²) in [6.45, 7) is 9.25. The Morgan fingerprint density at radius 3 is 2.85 bits per heavy atom. The van der Waals surface area contributed by atoms with Crippen LogP contribution in [0.15, 0.2) is 30.6 Å². The molecule has 2 aromatic rings. The molecule has 33 heavy (non-hydrogen) atoms. The van der Waals surface area contributed by atoms with Gasteiger partial charge in [0.15, 0.2) is 0 Å². The van der Waals surface area contributed by atoms with Crippen LogP contribution >= 0.6 is 0 Å². The van der Waals surface area contributed by atoms with Crippen LogP contribution in [0.25, 0.3) is 16.5 Å². The molecule has 0 aromatic carbocycles. The van der Waals surface area contributed by atoms with Crippen molar-refractivity contribution >= 4 is 28.0 Å². The van der Waals surface area contributed by atoms with Gasteiger partial charge in [-0.3, -0.25) is 9.48 Å². The summed E-state index contributed by atoms with van der Waals surface area (Å²) < 4.78 is 13.5. The number of aromatic nitrogens is 3. The zero-order valence-corrected chi connectivity index (χ0v) is 19.7. The number of ketones is 1. The summed E-state index contributed by atoms with van der Waals surface area (Å²) in [5.41, 5.74) is 3.47. The molecule has 2 aliphatic rings. The lowest BCUT2D eigenvalue weighted by molar-refractivity contribution is -0.121. The SMILES string of the molecule is C=C1CC(=O)C[C@@H]([C@@H](C)Oc2nc(/C(=C/NC3CCOCC3)C(C)=N)cc3nn(C)cc23)C1. The van der Waals surface area contributed by atoms with Gasteiger partial charge in [-0.2, -0.15) is 5.10 Å². The molecule has 1 aliphatic heterocycles. The zero-order chi connectivity index (χ0) is 23.5. The highest BCUT2D eigenvalue weighted by Crippen LogP contribution is 2.32. The van der Waals surface area contributed by atoms with Gasteiger partial charge in [-0.25, -0.2) is 4.98 Å². The molecular weight excluding hydrogens is 418 g/mol. The highest BCUT2D eigenvalue weighted by atomic mass is 16.5. The highest BCUT2D eigenvalue weighted by molar-refractivity contribution is 6.20. The van der Waals surface area contributed by atoms with Crippen LogP contribution in [0, 0.1) is 11.3 Å². The van der Waals surface area contributed by atoms with Gasteiger partial charge in [0.2, 0.25) is 5.88 Å². The van der Waals surface area contributed by atoms with E-state index in [1.54, 1.807) is 11.6 Å². The third kappa shape index (κ3) is 5.50. The lowest BCUT2D eigenvalue weighted by Gasteiger charge is -2.28. The van der Waals surface area contributed by atoms with Crippen molar-refractivity contribution in [1.29, 1.82) is 5.41 Å². The number of carbonyl (C=O) groups excluding carboxylic acids is 1. The number of hydrogen-bond donors (Lipinski definition) is 2. The molecule has 176 valence electrons. The zero-order valence-electron chi connectivity index (χ0n) is 19.7. The van der Waals surface area contributed by atoms with Gasteiger partial charge in [0.25, 0.3) is 0 Å². The summed E-state index contributed by atoms with van der Waals surface area (Å²) in [7, 11) is 1.86. The van der Waals surface area contributed by atoms with Crippen molar-refractivity contribution in [3.05, 3.63) is 36.3 Å². The molecule has 0 amide bonds. The standard InChI is InChI=1S/C25H33N5O3/c1-15-9-18(11-20(31)10-15)17(3)33-25-22-14-30(4)29-24(22)12-23(28-25)21(16(2)26)13-27-19-5-7-32-8-6-19/h12-14,17-19,26-27H,1,5-11H2,2-4H3/b21-13+,26-16?/t17-,18+/m1/s1. The van der Waals surface area contributed by atoms with Crippen LogP contribution in [-0.4, -0.2) is 51.6 Å². The fourth-order valence-electron chi connectivity index (χ4n) is 4.54. The van der Waals surface area contributed by atoms with Crippen molar-refractivity contribution < 1.29 is 14.3 Å². The third-order valence-electron chi connectivity index (χ3n) is 6.40. The molecule has 2 fully saturated rings. The molecule has 0 bridgehead atoms. The first-order chi connectivity index (χ1) is 15.8. The molecule has 0 radical (unpaired) electrons. The molecule has 2 atom stereocenters. The lowest BCUT2D eigenvalue weighted by atomic mass is 9.82. The Hall–Kier alpha value is -3.00. The number of nitrogens with zero attached hydrogens (tertiary/aromatic N) is 3. The highest BCUT2D eigenvalue weighted by Gasteiger charge is 2.29. The number of rotatable bonds is 7. The number of allylic oxidation sites excluding steroid dienone is 2. The van der Waals surface area contributed by atoms with Crippen molar-refractivity contribution in [2.45, 2.75) is 58.1 Å². The van der Waals surface area contributed by atoms with E-state index in [9.17, 15) is 4.79 Å². The fourth-order valence-corrected chi connectivity index (χ4v) is 4.54. The smallest absolute Gasteiger partial charge is 0.225 e.